The third kappa shape index (κ3) is 1.99. The van der Waals surface area contributed by atoms with E-state index in [1.165, 1.54) is 0 Å². The molecule has 1 heterocycles. The van der Waals surface area contributed by atoms with E-state index in [-0.39, 0.29) is 11.8 Å². The van der Waals surface area contributed by atoms with Crippen molar-refractivity contribution in [1.29, 1.82) is 0 Å². The third-order valence-electron chi connectivity index (χ3n) is 2.38. The van der Waals surface area contributed by atoms with Gasteiger partial charge < -0.3 is 9.80 Å². The van der Waals surface area contributed by atoms with Gasteiger partial charge in [0.2, 0.25) is 0 Å². The lowest BCUT2D eigenvalue weighted by Gasteiger charge is -2.18. The smallest absolute Gasteiger partial charge is 0.312 e. The monoisotopic (exact) mass is 184 g/mol. The number of hydrogen-bond donors (Lipinski definition) is 0. The molecule has 74 valence electrons. The third-order valence-corrected chi connectivity index (χ3v) is 2.38. The zero-order valence-corrected chi connectivity index (χ0v) is 8.25. The Bertz CT molecular complexity index is 194. The van der Waals surface area contributed by atoms with Gasteiger partial charge in [0.05, 0.1) is 0 Å². The Labute approximate surface area is 78.5 Å². The second-order valence-electron chi connectivity index (χ2n) is 3.12. The first-order valence-electron chi connectivity index (χ1n) is 4.78. The first-order chi connectivity index (χ1) is 6.20. The lowest BCUT2D eigenvalue weighted by atomic mass is 10.4. The fourth-order valence-electron chi connectivity index (χ4n) is 1.53. The summed E-state index contributed by atoms with van der Waals surface area (Å²) in [4.78, 5) is 26.2. The zero-order valence-electron chi connectivity index (χ0n) is 8.25. The van der Waals surface area contributed by atoms with Crippen molar-refractivity contribution in [2.75, 3.05) is 26.2 Å². The molecule has 1 saturated heterocycles. The van der Waals surface area contributed by atoms with Crippen LogP contribution in [-0.4, -0.2) is 47.8 Å². The number of amides is 2. The van der Waals surface area contributed by atoms with Gasteiger partial charge in [0.15, 0.2) is 0 Å². The van der Waals surface area contributed by atoms with E-state index in [1.807, 2.05) is 13.8 Å². The molecule has 0 aromatic heterocycles. The molecule has 0 aliphatic carbocycles. The minimum absolute atomic E-state index is 0.346. The van der Waals surface area contributed by atoms with Crippen LogP contribution in [0.4, 0.5) is 0 Å². The van der Waals surface area contributed by atoms with Crippen LogP contribution in [0.5, 0.6) is 0 Å². The van der Waals surface area contributed by atoms with E-state index in [4.69, 9.17) is 0 Å². The molecule has 0 bridgehead atoms. The summed E-state index contributed by atoms with van der Waals surface area (Å²) in [6, 6.07) is 0. The molecule has 1 rings (SSSR count). The summed E-state index contributed by atoms with van der Waals surface area (Å²) in [7, 11) is 0. The maximum absolute atomic E-state index is 11.5. The summed E-state index contributed by atoms with van der Waals surface area (Å²) in [5.74, 6) is -0.691. The van der Waals surface area contributed by atoms with E-state index in [9.17, 15) is 9.59 Å². The van der Waals surface area contributed by atoms with Gasteiger partial charge in [-0.2, -0.15) is 0 Å². The second-order valence-corrected chi connectivity index (χ2v) is 3.12. The van der Waals surface area contributed by atoms with Gasteiger partial charge >= 0.3 is 11.8 Å². The van der Waals surface area contributed by atoms with Crippen molar-refractivity contribution in [3.63, 3.8) is 0 Å². The van der Waals surface area contributed by atoms with Crippen LogP contribution >= 0.6 is 0 Å². The first kappa shape index (κ1) is 10.0. The highest BCUT2D eigenvalue weighted by atomic mass is 16.2. The minimum atomic E-state index is -0.346. The molecule has 0 saturated carbocycles. The lowest BCUT2D eigenvalue weighted by Crippen LogP contribution is -2.41. The molecule has 1 aliphatic heterocycles. The molecule has 0 atom stereocenters. The SMILES string of the molecule is CCN1CCCN(CC)C(=O)C1=O. The van der Waals surface area contributed by atoms with Crippen molar-refractivity contribution in [2.24, 2.45) is 0 Å². The van der Waals surface area contributed by atoms with Crippen molar-refractivity contribution in [2.45, 2.75) is 20.3 Å². The van der Waals surface area contributed by atoms with Gasteiger partial charge in [-0.25, -0.2) is 0 Å². The number of likely N-dealkylation sites (N-methyl/N-ethyl adjacent to an activating group) is 2. The highest BCUT2D eigenvalue weighted by Gasteiger charge is 2.27. The summed E-state index contributed by atoms with van der Waals surface area (Å²) in [5, 5.41) is 0. The first-order valence-corrected chi connectivity index (χ1v) is 4.78. The number of nitrogens with zero attached hydrogens (tertiary/aromatic N) is 2. The largest absolute Gasteiger partial charge is 0.335 e. The maximum atomic E-state index is 11.5. The Hall–Kier alpha value is -1.06. The van der Waals surface area contributed by atoms with E-state index >= 15 is 0 Å². The number of carbonyl (C=O) groups excluding carboxylic acids is 2. The molecule has 4 nitrogen and oxygen atoms in total. The van der Waals surface area contributed by atoms with Gasteiger partial charge in [0, 0.05) is 26.2 Å². The van der Waals surface area contributed by atoms with E-state index in [1.54, 1.807) is 9.80 Å². The molecule has 2 amide bonds. The highest BCUT2D eigenvalue weighted by molar-refractivity contribution is 6.35. The van der Waals surface area contributed by atoms with Crippen LogP contribution in [0.25, 0.3) is 0 Å². The molecule has 0 unspecified atom stereocenters. The van der Waals surface area contributed by atoms with Crippen LogP contribution in [0, 0.1) is 0 Å². The summed E-state index contributed by atoms with van der Waals surface area (Å²) in [6.45, 7) is 6.46. The predicted octanol–water partition coefficient (Wildman–Crippen LogP) is 0.0871. The second kappa shape index (κ2) is 4.25. The lowest BCUT2D eigenvalue weighted by molar-refractivity contribution is -0.150. The average Bonchev–Trinajstić information content (AvgIpc) is 2.28. The molecule has 0 aromatic rings. The van der Waals surface area contributed by atoms with Gasteiger partial charge in [-0.1, -0.05) is 0 Å². The van der Waals surface area contributed by atoms with Crippen LogP contribution < -0.4 is 0 Å². The fourth-order valence-corrected chi connectivity index (χ4v) is 1.53. The van der Waals surface area contributed by atoms with Crippen molar-refractivity contribution in [3.05, 3.63) is 0 Å². The summed E-state index contributed by atoms with van der Waals surface area (Å²) in [5.41, 5.74) is 0. The number of hydrogen-bond acceptors (Lipinski definition) is 2. The quantitative estimate of drug-likeness (QED) is 0.570. The number of rotatable bonds is 2. The van der Waals surface area contributed by atoms with Crippen LogP contribution in [0.15, 0.2) is 0 Å². The minimum Gasteiger partial charge on any atom is -0.335 e. The Morgan fingerprint density at radius 2 is 1.38 bits per heavy atom. The van der Waals surface area contributed by atoms with Gasteiger partial charge in [-0.05, 0) is 20.3 Å². The van der Waals surface area contributed by atoms with E-state index in [0.717, 1.165) is 6.42 Å². The average molecular weight is 184 g/mol. The van der Waals surface area contributed by atoms with E-state index in [2.05, 4.69) is 0 Å². The van der Waals surface area contributed by atoms with Crippen molar-refractivity contribution in [3.8, 4) is 0 Å². The van der Waals surface area contributed by atoms with Gasteiger partial charge in [0.1, 0.15) is 0 Å². The van der Waals surface area contributed by atoms with Crippen molar-refractivity contribution in [1.82, 2.24) is 9.80 Å². The Morgan fingerprint density at radius 1 is 1.00 bits per heavy atom. The van der Waals surface area contributed by atoms with Crippen LogP contribution in [0.3, 0.4) is 0 Å². The molecule has 1 fully saturated rings. The molecule has 0 aromatic carbocycles. The van der Waals surface area contributed by atoms with Crippen LogP contribution in [0.1, 0.15) is 20.3 Å². The summed E-state index contributed by atoms with van der Waals surface area (Å²) in [6.07, 6.45) is 0.888. The summed E-state index contributed by atoms with van der Waals surface area (Å²) >= 11 is 0. The van der Waals surface area contributed by atoms with Gasteiger partial charge in [0.25, 0.3) is 0 Å². The molecular formula is C9H16N2O2. The zero-order chi connectivity index (χ0) is 9.84. The Morgan fingerprint density at radius 3 is 1.69 bits per heavy atom. The van der Waals surface area contributed by atoms with E-state index < -0.39 is 0 Å². The Balaban J connectivity index is 2.73. The van der Waals surface area contributed by atoms with Crippen LogP contribution in [0.2, 0.25) is 0 Å². The topological polar surface area (TPSA) is 40.6 Å². The normalized spacial score (nSPS) is 19.2. The molecular weight excluding hydrogens is 168 g/mol. The molecule has 1 aliphatic rings. The highest BCUT2D eigenvalue weighted by Crippen LogP contribution is 2.04. The van der Waals surface area contributed by atoms with Crippen LogP contribution in [-0.2, 0) is 9.59 Å². The molecule has 13 heavy (non-hydrogen) atoms. The maximum Gasteiger partial charge on any atom is 0.312 e. The van der Waals surface area contributed by atoms with Crippen molar-refractivity contribution < 1.29 is 9.59 Å². The molecule has 0 radical (unpaired) electrons. The number of carbonyl (C=O) groups is 2. The predicted molar refractivity (Wildman–Crippen MR) is 49.1 cm³/mol. The standard InChI is InChI=1S/C9H16N2O2/c1-3-10-6-5-7-11(4-2)9(13)8(10)12/h3-7H2,1-2H3. The Kier molecular flexibility index (Phi) is 3.28. The van der Waals surface area contributed by atoms with Crippen molar-refractivity contribution >= 4 is 11.8 Å². The molecule has 4 heteroatoms. The molecule has 0 spiro atoms. The van der Waals surface area contributed by atoms with E-state index in [0.29, 0.717) is 26.2 Å². The van der Waals surface area contributed by atoms with Gasteiger partial charge in [-0.3, -0.25) is 9.59 Å². The fraction of sp³-hybridized carbons (Fsp3) is 0.778. The summed E-state index contributed by atoms with van der Waals surface area (Å²) < 4.78 is 0. The van der Waals surface area contributed by atoms with Gasteiger partial charge in [-0.15, -0.1) is 0 Å². The molecule has 0 N–H and O–H groups in total.